The average molecular weight is 337 g/mol. The minimum Gasteiger partial charge on any atom is -0.356 e. The molecule has 3 heterocycles. The molecule has 2 aliphatic rings. The van der Waals surface area contributed by atoms with E-state index in [-0.39, 0.29) is 0 Å². The fraction of sp³-hybridized carbons (Fsp3) is 0.500. The van der Waals surface area contributed by atoms with Crippen molar-refractivity contribution >= 4 is 23.3 Å². The molecule has 0 saturated carbocycles. The van der Waals surface area contributed by atoms with Crippen LogP contribution in [-0.4, -0.2) is 42.7 Å². The Morgan fingerprint density at radius 1 is 0.880 bits per heavy atom. The van der Waals surface area contributed by atoms with Crippen LogP contribution in [0.2, 0.25) is 0 Å². The molecule has 0 radical (unpaired) electrons. The van der Waals surface area contributed by atoms with Crippen molar-refractivity contribution in [3.8, 4) is 0 Å². The summed E-state index contributed by atoms with van der Waals surface area (Å²) < 4.78 is 0. The number of anilines is 4. The molecule has 0 aliphatic carbocycles. The van der Waals surface area contributed by atoms with E-state index in [0.717, 1.165) is 50.3 Å². The summed E-state index contributed by atoms with van der Waals surface area (Å²) in [5.74, 6) is 2.98. The van der Waals surface area contributed by atoms with Crippen molar-refractivity contribution < 1.29 is 0 Å². The molecule has 0 bridgehead atoms. The van der Waals surface area contributed by atoms with E-state index in [9.17, 15) is 0 Å². The molecule has 0 N–H and O–H groups in total. The van der Waals surface area contributed by atoms with E-state index in [4.69, 9.17) is 9.97 Å². The van der Waals surface area contributed by atoms with Gasteiger partial charge >= 0.3 is 0 Å². The molecule has 2 aliphatic heterocycles. The van der Waals surface area contributed by atoms with Crippen molar-refractivity contribution in [3.63, 3.8) is 0 Å². The molecule has 5 nitrogen and oxygen atoms in total. The van der Waals surface area contributed by atoms with Crippen LogP contribution in [0.3, 0.4) is 0 Å². The lowest BCUT2D eigenvalue weighted by atomic mass is 10.3. The average Bonchev–Trinajstić information content (AvgIpc) is 3.37. The SMILES string of the molecule is CCN(c1ccccc1)c1cc(N2CCCC2)nc(N2CCCC2)n1. The van der Waals surface area contributed by atoms with Crippen LogP contribution in [-0.2, 0) is 0 Å². The van der Waals surface area contributed by atoms with Gasteiger partial charge in [-0.3, -0.25) is 0 Å². The van der Waals surface area contributed by atoms with Crippen LogP contribution >= 0.6 is 0 Å². The summed E-state index contributed by atoms with van der Waals surface area (Å²) in [6.45, 7) is 7.42. The molecule has 0 amide bonds. The highest BCUT2D eigenvalue weighted by Crippen LogP contribution is 2.30. The van der Waals surface area contributed by atoms with Crippen LogP contribution in [0.4, 0.5) is 23.3 Å². The van der Waals surface area contributed by atoms with E-state index < -0.39 is 0 Å². The molecule has 4 rings (SSSR count). The quantitative estimate of drug-likeness (QED) is 0.828. The van der Waals surface area contributed by atoms with Gasteiger partial charge in [0, 0.05) is 44.5 Å². The van der Waals surface area contributed by atoms with Crippen LogP contribution in [0.25, 0.3) is 0 Å². The van der Waals surface area contributed by atoms with Crippen LogP contribution < -0.4 is 14.7 Å². The molecule has 0 spiro atoms. The van der Waals surface area contributed by atoms with Gasteiger partial charge in [0.1, 0.15) is 11.6 Å². The first-order chi connectivity index (χ1) is 12.3. The van der Waals surface area contributed by atoms with Gasteiger partial charge in [-0.2, -0.15) is 9.97 Å². The topological polar surface area (TPSA) is 35.5 Å². The maximum absolute atomic E-state index is 4.95. The van der Waals surface area contributed by atoms with Crippen molar-refractivity contribution in [3.05, 3.63) is 36.4 Å². The van der Waals surface area contributed by atoms with E-state index >= 15 is 0 Å². The third-order valence-corrected chi connectivity index (χ3v) is 5.17. The summed E-state index contributed by atoms with van der Waals surface area (Å²) >= 11 is 0. The molecule has 25 heavy (non-hydrogen) atoms. The molecule has 2 saturated heterocycles. The minimum atomic E-state index is 0.889. The Bertz CT molecular complexity index is 656. The van der Waals surface area contributed by atoms with E-state index in [1.54, 1.807) is 0 Å². The molecular weight excluding hydrogens is 310 g/mol. The first-order valence-electron chi connectivity index (χ1n) is 9.57. The van der Waals surface area contributed by atoms with Gasteiger partial charge in [0.25, 0.3) is 0 Å². The predicted molar refractivity (Wildman–Crippen MR) is 104 cm³/mol. The Labute approximate surface area is 150 Å². The summed E-state index contributed by atoms with van der Waals surface area (Å²) in [5.41, 5.74) is 1.18. The summed E-state index contributed by atoms with van der Waals surface area (Å²) in [6, 6.07) is 12.7. The Hall–Kier alpha value is -2.30. The molecule has 132 valence electrons. The first kappa shape index (κ1) is 16.2. The predicted octanol–water partition coefficient (Wildman–Crippen LogP) is 3.84. The van der Waals surface area contributed by atoms with Gasteiger partial charge in [-0.15, -0.1) is 0 Å². The van der Waals surface area contributed by atoms with Crippen molar-refractivity contribution in [2.24, 2.45) is 0 Å². The number of rotatable bonds is 5. The molecule has 1 aromatic carbocycles. The number of benzene rings is 1. The largest absolute Gasteiger partial charge is 0.356 e. The number of aromatic nitrogens is 2. The fourth-order valence-corrected chi connectivity index (χ4v) is 3.80. The summed E-state index contributed by atoms with van der Waals surface area (Å²) in [6.07, 6.45) is 4.99. The van der Waals surface area contributed by atoms with Gasteiger partial charge < -0.3 is 14.7 Å². The highest BCUT2D eigenvalue weighted by molar-refractivity contribution is 5.65. The number of hydrogen-bond acceptors (Lipinski definition) is 5. The second-order valence-corrected chi connectivity index (χ2v) is 6.85. The van der Waals surface area contributed by atoms with E-state index in [2.05, 4.69) is 58.0 Å². The van der Waals surface area contributed by atoms with Gasteiger partial charge in [-0.1, -0.05) is 18.2 Å². The van der Waals surface area contributed by atoms with Crippen molar-refractivity contribution in [2.75, 3.05) is 47.4 Å². The van der Waals surface area contributed by atoms with Gasteiger partial charge in [0.05, 0.1) is 0 Å². The Morgan fingerprint density at radius 3 is 2.16 bits per heavy atom. The van der Waals surface area contributed by atoms with Gasteiger partial charge in [-0.05, 0) is 44.7 Å². The van der Waals surface area contributed by atoms with Gasteiger partial charge in [-0.25, -0.2) is 0 Å². The van der Waals surface area contributed by atoms with E-state index in [1.807, 2.05) is 0 Å². The Morgan fingerprint density at radius 2 is 1.52 bits per heavy atom. The summed E-state index contributed by atoms with van der Waals surface area (Å²) in [7, 11) is 0. The van der Waals surface area contributed by atoms with Crippen LogP contribution in [0, 0.1) is 0 Å². The maximum Gasteiger partial charge on any atom is 0.229 e. The highest BCUT2D eigenvalue weighted by atomic mass is 15.3. The molecule has 0 atom stereocenters. The third kappa shape index (κ3) is 3.41. The van der Waals surface area contributed by atoms with Gasteiger partial charge in [0.2, 0.25) is 5.95 Å². The van der Waals surface area contributed by atoms with E-state index in [1.165, 1.54) is 31.4 Å². The van der Waals surface area contributed by atoms with Gasteiger partial charge in [0.15, 0.2) is 0 Å². The zero-order valence-electron chi connectivity index (χ0n) is 15.1. The summed E-state index contributed by atoms with van der Waals surface area (Å²) in [5, 5.41) is 0. The van der Waals surface area contributed by atoms with Crippen molar-refractivity contribution in [2.45, 2.75) is 32.6 Å². The molecule has 2 fully saturated rings. The zero-order chi connectivity index (χ0) is 17.1. The first-order valence-corrected chi connectivity index (χ1v) is 9.57. The molecular formula is C20H27N5. The van der Waals surface area contributed by atoms with E-state index in [0.29, 0.717) is 0 Å². The molecule has 5 heteroatoms. The highest BCUT2D eigenvalue weighted by Gasteiger charge is 2.22. The molecule has 1 aromatic heterocycles. The lowest BCUT2D eigenvalue weighted by molar-refractivity contribution is 0.860. The molecule has 0 unspecified atom stereocenters. The molecule has 2 aromatic rings. The smallest absolute Gasteiger partial charge is 0.229 e. The minimum absolute atomic E-state index is 0.889. The van der Waals surface area contributed by atoms with Crippen LogP contribution in [0.5, 0.6) is 0 Å². The van der Waals surface area contributed by atoms with Crippen LogP contribution in [0.15, 0.2) is 36.4 Å². The Balaban J connectivity index is 1.74. The monoisotopic (exact) mass is 337 g/mol. The lowest BCUT2D eigenvalue weighted by Crippen LogP contribution is -2.26. The Kier molecular flexibility index (Phi) is 4.72. The normalized spacial score (nSPS) is 17.3. The van der Waals surface area contributed by atoms with Crippen molar-refractivity contribution in [1.82, 2.24) is 9.97 Å². The second kappa shape index (κ2) is 7.30. The summed E-state index contributed by atoms with van der Waals surface area (Å²) in [4.78, 5) is 16.9. The number of hydrogen-bond donors (Lipinski definition) is 0. The number of para-hydroxylation sites is 1. The third-order valence-electron chi connectivity index (χ3n) is 5.17. The van der Waals surface area contributed by atoms with Crippen LogP contribution in [0.1, 0.15) is 32.6 Å². The fourth-order valence-electron chi connectivity index (χ4n) is 3.80. The maximum atomic E-state index is 4.95. The number of nitrogens with zero attached hydrogens (tertiary/aromatic N) is 5. The lowest BCUT2D eigenvalue weighted by Gasteiger charge is -2.26. The zero-order valence-corrected chi connectivity index (χ0v) is 15.1. The standard InChI is InChI=1S/C20H27N5/c1-2-25(17-10-4-3-5-11-17)19-16-18(23-12-6-7-13-23)21-20(22-19)24-14-8-9-15-24/h3-5,10-11,16H,2,6-9,12-15H2,1H3. The van der Waals surface area contributed by atoms with Crippen molar-refractivity contribution in [1.29, 1.82) is 0 Å². The second-order valence-electron chi connectivity index (χ2n) is 6.85.